The molecule has 0 saturated heterocycles. The molecule has 70 valence electrons. The Hall–Kier alpha value is -0.380. The summed E-state index contributed by atoms with van der Waals surface area (Å²) < 4.78 is 0. The summed E-state index contributed by atoms with van der Waals surface area (Å²) in [5.41, 5.74) is 1.12. The van der Waals surface area contributed by atoms with E-state index in [2.05, 4.69) is 17.1 Å². The molecule has 0 aliphatic carbocycles. The second-order valence-corrected chi connectivity index (χ2v) is 2.63. The van der Waals surface area contributed by atoms with Crippen LogP contribution in [0.25, 0.3) is 0 Å². The van der Waals surface area contributed by atoms with Crippen LogP contribution in [0.2, 0.25) is 0 Å². The van der Waals surface area contributed by atoms with Gasteiger partial charge in [-0.25, -0.2) is 0 Å². The Morgan fingerprint density at radius 3 is 2.67 bits per heavy atom. The van der Waals surface area contributed by atoms with Crippen LogP contribution in [-0.2, 0) is 13.0 Å². The maximum atomic E-state index is 4.27. The molecule has 0 unspecified atom stereocenters. The first-order chi connectivity index (χ1) is 5.36. The first-order valence-corrected chi connectivity index (χ1v) is 4.25. The summed E-state index contributed by atoms with van der Waals surface area (Å²) in [6, 6.07) is 0. The summed E-state index contributed by atoms with van der Waals surface area (Å²) in [6.45, 7) is 5.10. The number of aromatic nitrogens is 3. The molecule has 0 aromatic carbocycles. The van der Waals surface area contributed by atoms with E-state index in [1.54, 1.807) is 4.80 Å². The normalized spacial score (nSPS) is 9.50. The summed E-state index contributed by atoms with van der Waals surface area (Å²) in [4.78, 5) is 1.73. The van der Waals surface area contributed by atoms with Crippen molar-refractivity contribution in [2.24, 2.45) is 0 Å². The van der Waals surface area contributed by atoms with Gasteiger partial charge in [-0.3, -0.25) is 0 Å². The van der Waals surface area contributed by atoms with E-state index in [4.69, 9.17) is 0 Å². The molecule has 3 nitrogen and oxygen atoms in total. The van der Waals surface area contributed by atoms with E-state index >= 15 is 0 Å². The number of hydrogen-bond acceptors (Lipinski definition) is 2. The molecule has 4 heteroatoms. The Bertz CT molecular complexity index is 210. The molecule has 1 heterocycles. The van der Waals surface area contributed by atoms with E-state index in [0.29, 0.717) is 0 Å². The number of halogens is 1. The van der Waals surface area contributed by atoms with Gasteiger partial charge >= 0.3 is 0 Å². The van der Waals surface area contributed by atoms with Crippen LogP contribution in [0.1, 0.15) is 32.4 Å². The van der Waals surface area contributed by atoms with Gasteiger partial charge in [0.25, 0.3) is 0 Å². The lowest BCUT2D eigenvalue weighted by Gasteiger charge is -1.91. The van der Waals surface area contributed by atoms with Gasteiger partial charge < -0.3 is 17.0 Å². The summed E-state index contributed by atoms with van der Waals surface area (Å²) in [6.07, 6.45) is 5.36. The van der Waals surface area contributed by atoms with Crippen LogP contribution >= 0.6 is 0 Å². The van der Waals surface area contributed by atoms with Gasteiger partial charge in [-0.1, -0.05) is 13.3 Å². The van der Waals surface area contributed by atoms with Crippen LogP contribution in [0, 0.1) is 0 Å². The second-order valence-electron chi connectivity index (χ2n) is 2.63. The smallest absolute Gasteiger partial charge is 0.0827 e. The first-order valence-electron chi connectivity index (χ1n) is 4.25. The standard InChI is InChI=1S/C8H15N3.BrH/c1-3-5-6-8-7-9-11(4-2)10-8;/h7H,3-6H2,1-2H3;1H/p-1. The van der Waals surface area contributed by atoms with Crippen LogP contribution in [0.3, 0.4) is 0 Å². The van der Waals surface area contributed by atoms with Gasteiger partial charge in [-0.2, -0.15) is 15.0 Å². The maximum absolute atomic E-state index is 4.27. The van der Waals surface area contributed by atoms with Crippen molar-refractivity contribution in [3.63, 3.8) is 0 Å². The number of rotatable bonds is 4. The van der Waals surface area contributed by atoms with Crippen LogP contribution in [0.15, 0.2) is 6.20 Å². The zero-order valence-corrected chi connectivity index (χ0v) is 9.21. The van der Waals surface area contributed by atoms with Crippen molar-refractivity contribution < 1.29 is 17.0 Å². The quantitative estimate of drug-likeness (QED) is 0.643. The molecule has 0 atom stereocenters. The zero-order valence-electron chi connectivity index (χ0n) is 7.63. The monoisotopic (exact) mass is 232 g/mol. The van der Waals surface area contributed by atoms with E-state index in [0.717, 1.165) is 18.7 Å². The number of unbranched alkanes of at least 4 members (excludes halogenated alkanes) is 1. The van der Waals surface area contributed by atoms with Gasteiger partial charge in [-0.15, -0.1) is 0 Å². The van der Waals surface area contributed by atoms with E-state index < -0.39 is 0 Å². The Balaban J connectivity index is 0.00000121. The fourth-order valence-electron chi connectivity index (χ4n) is 0.958. The second kappa shape index (κ2) is 6.17. The minimum atomic E-state index is 0. The van der Waals surface area contributed by atoms with Crippen molar-refractivity contribution in [3.05, 3.63) is 11.9 Å². The van der Waals surface area contributed by atoms with Crippen molar-refractivity contribution >= 4 is 0 Å². The molecule has 12 heavy (non-hydrogen) atoms. The molecule has 0 radical (unpaired) electrons. The lowest BCUT2D eigenvalue weighted by Crippen LogP contribution is -3.00. The van der Waals surface area contributed by atoms with E-state index in [-0.39, 0.29) is 17.0 Å². The summed E-state index contributed by atoms with van der Waals surface area (Å²) >= 11 is 0. The van der Waals surface area contributed by atoms with Gasteiger partial charge in [0.15, 0.2) is 0 Å². The molecule has 1 rings (SSSR count). The van der Waals surface area contributed by atoms with Gasteiger partial charge in [-0.05, 0) is 19.8 Å². The topological polar surface area (TPSA) is 30.7 Å². The highest BCUT2D eigenvalue weighted by Gasteiger charge is 1.96. The summed E-state index contributed by atoms with van der Waals surface area (Å²) in [5.74, 6) is 0. The third kappa shape index (κ3) is 3.34. The summed E-state index contributed by atoms with van der Waals surface area (Å²) in [5, 5.41) is 8.36. The van der Waals surface area contributed by atoms with Crippen LogP contribution < -0.4 is 17.0 Å². The molecule has 0 aliphatic heterocycles. The van der Waals surface area contributed by atoms with Crippen molar-refractivity contribution in [1.82, 2.24) is 15.0 Å². The van der Waals surface area contributed by atoms with E-state index in [1.807, 2.05) is 13.1 Å². The molecule has 0 fully saturated rings. The van der Waals surface area contributed by atoms with Gasteiger partial charge in [0.2, 0.25) is 0 Å². The molecule has 1 aromatic heterocycles. The lowest BCUT2D eigenvalue weighted by atomic mass is 10.2. The predicted molar refractivity (Wildman–Crippen MR) is 44.3 cm³/mol. The molecule has 1 aromatic rings. The third-order valence-electron chi connectivity index (χ3n) is 1.65. The Morgan fingerprint density at radius 1 is 1.42 bits per heavy atom. The van der Waals surface area contributed by atoms with E-state index in [1.165, 1.54) is 12.8 Å². The Labute approximate surface area is 83.9 Å². The molecule has 0 aliphatic rings. The first kappa shape index (κ1) is 11.6. The average Bonchev–Trinajstić information content (AvgIpc) is 2.48. The van der Waals surface area contributed by atoms with Crippen molar-refractivity contribution in [2.45, 2.75) is 39.7 Å². The van der Waals surface area contributed by atoms with Crippen molar-refractivity contribution in [2.75, 3.05) is 0 Å². The molecule has 0 N–H and O–H groups in total. The van der Waals surface area contributed by atoms with Gasteiger partial charge in [0.1, 0.15) is 0 Å². The highest BCUT2D eigenvalue weighted by atomic mass is 79.9. The van der Waals surface area contributed by atoms with Crippen LogP contribution in [0.5, 0.6) is 0 Å². The molecular weight excluding hydrogens is 218 g/mol. The van der Waals surface area contributed by atoms with Gasteiger partial charge in [0.05, 0.1) is 18.4 Å². The van der Waals surface area contributed by atoms with Crippen molar-refractivity contribution in [1.29, 1.82) is 0 Å². The largest absolute Gasteiger partial charge is 1.00 e. The maximum Gasteiger partial charge on any atom is 0.0827 e. The number of aryl methyl sites for hydroxylation is 2. The van der Waals surface area contributed by atoms with Crippen molar-refractivity contribution in [3.8, 4) is 0 Å². The number of hydrogen-bond donors (Lipinski definition) is 0. The SMILES string of the molecule is CCCCc1cnn(CC)n1.[Br-]. The third-order valence-corrected chi connectivity index (χ3v) is 1.65. The number of nitrogens with zero attached hydrogens (tertiary/aromatic N) is 3. The lowest BCUT2D eigenvalue weighted by molar-refractivity contribution is -0.00000265. The Morgan fingerprint density at radius 2 is 2.17 bits per heavy atom. The van der Waals surface area contributed by atoms with Crippen LogP contribution in [-0.4, -0.2) is 15.0 Å². The zero-order chi connectivity index (χ0) is 8.10. The van der Waals surface area contributed by atoms with Crippen LogP contribution in [0.4, 0.5) is 0 Å². The fourth-order valence-corrected chi connectivity index (χ4v) is 0.958. The molecule has 0 bridgehead atoms. The highest BCUT2D eigenvalue weighted by molar-refractivity contribution is 4.90. The molecule has 0 saturated carbocycles. The molecular formula is C8H15BrN3-. The molecule has 0 amide bonds. The minimum Gasteiger partial charge on any atom is -1.00 e. The average molecular weight is 233 g/mol. The predicted octanol–water partition coefficient (Wildman–Crippen LogP) is -1.36. The molecule has 0 spiro atoms. The fraction of sp³-hybridized carbons (Fsp3) is 0.750. The minimum absolute atomic E-state index is 0. The Kier molecular flexibility index (Phi) is 5.98. The van der Waals surface area contributed by atoms with E-state index in [9.17, 15) is 0 Å². The summed E-state index contributed by atoms with van der Waals surface area (Å²) in [7, 11) is 0. The van der Waals surface area contributed by atoms with Gasteiger partial charge in [0, 0.05) is 0 Å². The highest BCUT2D eigenvalue weighted by Crippen LogP contribution is 1.98.